The smallest absolute Gasteiger partial charge is 0.305 e. The van der Waals surface area contributed by atoms with Crippen LogP contribution in [-0.2, 0) is 34.0 Å². The molecule has 176 valence electrons. The molecule has 0 aliphatic carbocycles. The Kier molecular flexibility index (Phi) is 9.20. The molecule has 3 atom stereocenters. The van der Waals surface area contributed by atoms with Gasteiger partial charge >= 0.3 is 5.97 Å². The molecule has 8 nitrogen and oxygen atoms in total. The van der Waals surface area contributed by atoms with Crippen molar-refractivity contribution in [2.75, 3.05) is 26.7 Å². The molecule has 0 amide bonds. The lowest BCUT2D eigenvalue weighted by Gasteiger charge is -2.30. The monoisotopic (exact) mass is 443 g/mol. The first-order chi connectivity index (χ1) is 15.4. The summed E-state index contributed by atoms with van der Waals surface area (Å²) in [6, 6.07) is 8.58. The topological polar surface area (TPSA) is 81.5 Å². The van der Waals surface area contributed by atoms with E-state index in [2.05, 4.69) is 65.7 Å². The Morgan fingerprint density at radius 1 is 1.28 bits per heavy atom. The highest BCUT2D eigenvalue weighted by Crippen LogP contribution is 2.15. The molecule has 1 N–H and O–H groups in total. The number of ether oxygens (including phenoxy) is 2. The van der Waals surface area contributed by atoms with Crippen LogP contribution in [0.5, 0.6) is 0 Å². The fourth-order valence-electron chi connectivity index (χ4n) is 3.81. The second-order valence-corrected chi connectivity index (χ2v) is 9.02. The molecule has 0 saturated carbocycles. The lowest BCUT2D eigenvalue weighted by Crippen LogP contribution is -2.42. The van der Waals surface area contributed by atoms with Gasteiger partial charge in [-0.05, 0) is 44.4 Å². The molecular formula is C24H37N5O3. The van der Waals surface area contributed by atoms with Crippen LogP contribution in [0.15, 0.2) is 30.5 Å². The van der Waals surface area contributed by atoms with Crippen molar-refractivity contribution in [1.29, 1.82) is 0 Å². The number of benzene rings is 1. The number of fused-ring (bicyclic) bond motifs is 2. The van der Waals surface area contributed by atoms with Gasteiger partial charge in [0.2, 0.25) is 0 Å². The predicted octanol–water partition coefficient (Wildman–Crippen LogP) is 2.55. The maximum Gasteiger partial charge on any atom is 0.305 e. The van der Waals surface area contributed by atoms with Gasteiger partial charge in [-0.15, -0.1) is 5.10 Å². The van der Waals surface area contributed by atoms with Crippen LogP contribution in [0, 0.1) is 12.8 Å². The lowest BCUT2D eigenvalue weighted by atomic mass is 10.0. The molecule has 8 heteroatoms. The summed E-state index contributed by atoms with van der Waals surface area (Å²) in [6.45, 7) is 10.3. The molecule has 0 saturated heterocycles. The average Bonchev–Trinajstić information content (AvgIpc) is 3.22. The van der Waals surface area contributed by atoms with E-state index in [1.807, 2.05) is 13.1 Å². The van der Waals surface area contributed by atoms with Gasteiger partial charge in [-0.25, -0.2) is 0 Å². The molecule has 2 aromatic rings. The summed E-state index contributed by atoms with van der Waals surface area (Å²) in [5, 5.41) is 11.9. The average molecular weight is 444 g/mol. The molecule has 1 aromatic carbocycles. The molecule has 1 aliphatic rings. The number of rotatable bonds is 4. The molecule has 2 bridgehead atoms. The van der Waals surface area contributed by atoms with Gasteiger partial charge in [0, 0.05) is 38.6 Å². The van der Waals surface area contributed by atoms with Crippen molar-refractivity contribution >= 4 is 5.97 Å². The third kappa shape index (κ3) is 7.69. The fraction of sp³-hybridized carbons (Fsp3) is 0.625. The third-order valence-electron chi connectivity index (χ3n) is 5.91. The highest BCUT2D eigenvalue weighted by Gasteiger charge is 2.22. The molecule has 0 fully saturated rings. The Balaban J connectivity index is 1.67. The summed E-state index contributed by atoms with van der Waals surface area (Å²) in [6.07, 6.45) is 2.97. The highest BCUT2D eigenvalue weighted by molar-refractivity contribution is 5.69. The van der Waals surface area contributed by atoms with Crippen molar-refractivity contribution in [3.63, 3.8) is 0 Å². The zero-order valence-corrected chi connectivity index (χ0v) is 19.8. The second-order valence-electron chi connectivity index (χ2n) is 9.02. The second kappa shape index (κ2) is 12.1. The van der Waals surface area contributed by atoms with E-state index in [9.17, 15) is 4.79 Å². The summed E-state index contributed by atoms with van der Waals surface area (Å²) >= 11 is 0. The van der Waals surface area contributed by atoms with Crippen molar-refractivity contribution in [2.45, 2.75) is 65.5 Å². The van der Waals surface area contributed by atoms with Gasteiger partial charge < -0.3 is 14.8 Å². The van der Waals surface area contributed by atoms with Crippen LogP contribution in [0.4, 0.5) is 0 Å². The van der Waals surface area contributed by atoms with Gasteiger partial charge in [0.15, 0.2) is 0 Å². The predicted molar refractivity (Wildman–Crippen MR) is 123 cm³/mol. The summed E-state index contributed by atoms with van der Waals surface area (Å²) in [5.41, 5.74) is 3.43. The number of nitrogens with zero attached hydrogens (tertiary/aromatic N) is 4. The van der Waals surface area contributed by atoms with Crippen molar-refractivity contribution in [1.82, 2.24) is 25.2 Å². The van der Waals surface area contributed by atoms with Crippen molar-refractivity contribution < 1.29 is 14.3 Å². The van der Waals surface area contributed by atoms with Crippen molar-refractivity contribution in [3.8, 4) is 0 Å². The number of carbonyl (C=O) groups is 1. The van der Waals surface area contributed by atoms with Crippen LogP contribution >= 0.6 is 0 Å². The maximum absolute atomic E-state index is 12.0. The first-order valence-corrected chi connectivity index (χ1v) is 11.5. The minimum Gasteiger partial charge on any atom is -0.464 e. The van der Waals surface area contributed by atoms with Gasteiger partial charge in [-0.1, -0.05) is 36.4 Å². The standard InChI is InChI=1S/C24H37N5O3/c1-18-8-5-6-9-21(18)13-28(4)15-23-19(2)12-25-20(3)16-32-24(30)10-7-11-29-14-22(17-31-23)26-27-29/h5-6,8-9,14,19-20,23,25H,7,10-13,15-17H2,1-4H3/t19-,20+,23-/m0/s1. The number of cyclic esters (lactones) is 1. The van der Waals surface area contributed by atoms with E-state index in [0.29, 0.717) is 32.6 Å². The number of likely N-dealkylation sites (N-methyl/N-ethyl adjacent to an activating group) is 1. The summed E-state index contributed by atoms with van der Waals surface area (Å²) in [5.74, 6) is 0.0913. The van der Waals surface area contributed by atoms with Gasteiger partial charge in [0.1, 0.15) is 12.3 Å². The molecule has 0 radical (unpaired) electrons. The Hall–Kier alpha value is -2.29. The quantitative estimate of drug-likeness (QED) is 0.727. The van der Waals surface area contributed by atoms with Crippen LogP contribution in [0.3, 0.4) is 0 Å². The van der Waals surface area contributed by atoms with Crippen molar-refractivity contribution in [3.05, 3.63) is 47.3 Å². The summed E-state index contributed by atoms with van der Waals surface area (Å²) in [7, 11) is 2.13. The number of hydrogen-bond acceptors (Lipinski definition) is 7. The van der Waals surface area contributed by atoms with Crippen LogP contribution < -0.4 is 5.32 Å². The largest absolute Gasteiger partial charge is 0.464 e. The van der Waals surface area contributed by atoms with Crippen LogP contribution in [0.2, 0.25) is 0 Å². The zero-order valence-electron chi connectivity index (χ0n) is 19.8. The molecular weight excluding hydrogens is 406 g/mol. The molecule has 2 heterocycles. The highest BCUT2D eigenvalue weighted by atomic mass is 16.5. The van der Waals surface area contributed by atoms with E-state index in [0.717, 1.165) is 25.3 Å². The van der Waals surface area contributed by atoms with E-state index in [1.54, 1.807) is 4.68 Å². The number of carbonyl (C=O) groups excluding carboxylic acids is 1. The molecule has 1 aliphatic heterocycles. The van der Waals surface area contributed by atoms with Gasteiger partial charge in [0.25, 0.3) is 0 Å². The Morgan fingerprint density at radius 3 is 2.91 bits per heavy atom. The minimum absolute atomic E-state index is 0.0179. The van der Waals surface area contributed by atoms with E-state index >= 15 is 0 Å². The fourth-order valence-corrected chi connectivity index (χ4v) is 3.81. The van der Waals surface area contributed by atoms with Crippen LogP contribution in [0.1, 0.15) is 43.5 Å². The number of nitrogens with one attached hydrogen (secondary N) is 1. The van der Waals surface area contributed by atoms with E-state index in [4.69, 9.17) is 9.47 Å². The van der Waals surface area contributed by atoms with Gasteiger partial charge in [-0.2, -0.15) is 0 Å². The SMILES string of the molecule is Cc1ccccc1CN(C)C[C@@H]1OCc2cn(nn2)CCCC(=O)OC[C@@H](C)NC[C@@H]1C. The van der Waals surface area contributed by atoms with Gasteiger partial charge in [0.05, 0.1) is 18.9 Å². The van der Waals surface area contributed by atoms with E-state index in [1.165, 1.54) is 11.1 Å². The van der Waals surface area contributed by atoms with E-state index in [-0.39, 0.29) is 24.0 Å². The zero-order chi connectivity index (χ0) is 22.9. The lowest BCUT2D eigenvalue weighted by molar-refractivity contribution is -0.144. The molecule has 1 aromatic heterocycles. The minimum atomic E-state index is -0.168. The third-order valence-corrected chi connectivity index (χ3v) is 5.91. The number of hydrogen-bond donors (Lipinski definition) is 1. The Labute approximate surface area is 191 Å². The van der Waals surface area contributed by atoms with Crippen molar-refractivity contribution in [2.24, 2.45) is 5.92 Å². The summed E-state index contributed by atoms with van der Waals surface area (Å²) in [4.78, 5) is 14.3. The van der Waals surface area contributed by atoms with Crippen LogP contribution in [0.25, 0.3) is 0 Å². The normalized spacial score (nSPS) is 23.8. The van der Waals surface area contributed by atoms with Crippen LogP contribution in [-0.4, -0.2) is 64.8 Å². The Bertz CT molecular complexity index is 856. The number of aromatic nitrogens is 3. The van der Waals surface area contributed by atoms with E-state index < -0.39 is 0 Å². The van der Waals surface area contributed by atoms with Gasteiger partial charge in [-0.3, -0.25) is 14.4 Å². The molecule has 32 heavy (non-hydrogen) atoms. The molecule has 0 unspecified atom stereocenters. The Morgan fingerprint density at radius 2 is 2.09 bits per heavy atom. The first-order valence-electron chi connectivity index (χ1n) is 11.5. The number of aryl methyl sites for hydroxylation is 2. The maximum atomic E-state index is 12.0. The molecule has 3 rings (SSSR count). The number of esters is 1. The summed E-state index contributed by atoms with van der Waals surface area (Å²) < 4.78 is 13.5. The first kappa shape index (κ1) is 24.4. The molecule has 0 spiro atoms.